The number of hydrogen-bond donors (Lipinski definition) is 2. The van der Waals surface area contributed by atoms with E-state index in [0.29, 0.717) is 10.9 Å². The molecule has 0 amide bonds. The summed E-state index contributed by atoms with van der Waals surface area (Å²) in [6, 6.07) is 0. The van der Waals surface area contributed by atoms with E-state index in [0.717, 1.165) is 5.04 Å². The molecular formula is C6H8N4S2. The molecule has 0 aromatic rings. The van der Waals surface area contributed by atoms with Gasteiger partial charge in [0.25, 0.3) is 0 Å². The van der Waals surface area contributed by atoms with E-state index in [2.05, 4.69) is 15.3 Å². The van der Waals surface area contributed by atoms with E-state index in [1.54, 1.807) is 11.8 Å². The Bertz CT molecular complexity index is 296. The van der Waals surface area contributed by atoms with Crippen LogP contribution in [0.2, 0.25) is 0 Å². The summed E-state index contributed by atoms with van der Waals surface area (Å²) >= 11 is 6.52. The van der Waals surface area contributed by atoms with Crippen molar-refractivity contribution in [3.05, 3.63) is 0 Å². The third kappa shape index (κ3) is 1.21. The van der Waals surface area contributed by atoms with Crippen LogP contribution in [0.4, 0.5) is 0 Å². The van der Waals surface area contributed by atoms with Crippen LogP contribution in [0.5, 0.6) is 0 Å². The minimum absolute atomic E-state index is 0.000000000000000222. The molecule has 0 bridgehead atoms. The van der Waals surface area contributed by atoms with Gasteiger partial charge in [-0.05, 0) is 19.1 Å². The van der Waals surface area contributed by atoms with Crippen LogP contribution < -0.4 is 11.1 Å². The average Bonchev–Trinajstić information content (AvgIpc) is 2.29. The summed E-state index contributed by atoms with van der Waals surface area (Å²) in [6.45, 7) is 1.96. The van der Waals surface area contributed by atoms with Crippen molar-refractivity contribution in [3.63, 3.8) is 0 Å². The van der Waals surface area contributed by atoms with Gasteiger partial charge < -0.3 is 11.1 Å². The van der Waals surface area contributed by atoms with Crippen molar-refractivity contribution in [1.29, 1.82) is 0 Å². The summed E-state index contributed by atoms with van der Waals surface area (Å²) in [5, 5.41) is 4.60. The highest BCUT2D eigenvalue weighted by molar-refractivity contribution is 8.15. The van der Waals surface area contributed by atoms with E-state index in [4.69, 9.17) is 18.0 Å². The summed E-state index contributed by atoms with van der Waals surface area (Å²) in [7, 11) is 0. The van der Waals surface area contributed by atoms with Gasteiger partial charge in [0.1, 0.15) is 17.3 Å². The van der Waals surface area contributed by atoms with E-state index in [9.17, 15) is 0 Å². The fraction of sp³-hybridized carbons (Fsp3) is 0.500. The van der Waals surface area contributed by atoms with Crippen molar-refractivity contribution in [2.45, 2.75) is 18.3 Å². The molecule has 0 aromatic heterocycles. The van der Waals surface area contributed by atoms with E-state index in [1.165, 1.54) is 0 Å². The summed E-state index contributed by atoms with van der Waals surface area (Å²) in [6.07, 6.45) is -0.000000000000000222. The number of nitrogens with one attached hydrogen (secondary N) is 1. The number of thioether (sulfide) groups is 1. The van der Waals surface area contributed by atoms with E-state index in [1.807, 2.05) is 6.92 Å². The maximum atomic E-state index is 5.70. The summed E-state index contributed by atoms with van der Waals surface area (Å²) < 4.78 is 0. The lowest BCUT2D eigenvalue weighted by Gasteiger charge is -2.22. The molecular weight excluding hydrogens is 192 g/mol. The maximum absolute atomic E-state index is 5.70. The predicted octanol–water partition coefficient (Wildman–Crippen LogP) is 0.0916. The zero-order chi connectivity index (χ0) is 8.72. The molecule has 0 saturated heterocycles. The lowest BCUT2D eigenvalue weighted by Crippen LogP contribution is -2.48. The van der Waals surface area contributed by atoms with Crippen molar-refractivity contribution >= 4 is 40.0 Å². The zero-order valence-electron chi connectivity index (χ0n) is 6.44. The number of fused-ring (bicyclic) bond motifs is 1. The number of nitrogens with two attached hydrogens (primary N) is 1. The molecule has 0 aromatic carbocycles. The van der Waals surface area contributed by atoms with Crippen molar-refractivity contribution in [3.8, 4) is 0 Å². The van der Waals surface area contributed by atoms with Gasteiger partial charge in [-0.3, -0.25) is 4.99 Å². The molecule has 0 spiro atoms. The summed E-state index contributed by atoms with van der Waals surface area (Å²) in [5.74, 6) is 0.578. The van der Waals surface area contributed by atoms with Crippen LogP contribution >= 0.6 is 24.0 Å². The monoisotopic (exact) mass is 200 g/mol. The van der Waals surface area contributed by atoms with Crippen LogP contribution in [-0.2, 0) is 0 Å². The molecule has 4 nitrogen and oxygen atoms in total. The van der Waals surface area contributed by atoms with Crippen molar-refractivity contribution in [2.24, 2.45) is 15.7 Å². The number of thiocarbonyl (C=S) groups is 1. The van der Waals surface area contributed by atoms with Crippen LogP contribution in [0.25, 0.3) is 0 Å². The topological polar surface area (TPSA) is 62.8 Å². The van der Waals surface area contributed by atoms with Crippen LogP contribution in [0.1, 0.15) is 6.92 Å². The Labute approximate surface area is 79.7 Å². The molecule has 2 aliphatic heterocycles. The number of hydrogen-bond acceptors (Lipinski definition) is 4. The highest BCUT2D eigenvalue weighted by atomic mass is 32.2. The predicted molar refractivity (Wildman–Crippen MR) is 55.6 cm³/mol. The standard InChI is InChI=1S/C6H8N4S2/c1-2-8-5-3(12-2)4(7)9-6(11)10-5/h3,5H,1H3,(H3,7,9,10,11). The second-order valence-corrected chi connectivity index (χ2v) is 4.34. The van der Waals surface area contributed by atoms with Crippen molar-refractivity contribution in [1.82, 2.24) is 5.32 Å². The number of amidine groups is 1. The van der Waals surface area contributed by atoms with Crippen LogP contribution in [-0.4, -0.2) is 27.4 Å². The third-order valence-corrected chi connectivity index (χ3v) is 3.11. The first-order valence-electron chi connectivity index (χ1n) is 3.52. The Morgan fingerprint density at radius 2 is 2.42 bits per heavy atom. The van der Waals surface area contributed by atoms with Crippen LogP contribution in [0.15, 0.2) is 9.98 Å². The lowest BCUT2D eigenvalue weighted by atomic mass is 10.3. The molecule has 2 rings (SSSR count). The number of rotatable bonds is 0. The van der Waals surface area contributed by atoms with E-state index >= 15 is 0 Å². The molecule has 64 valence electrons. The molecule has 2 unspecified atom stereocenters. The fourth-order valence-corrected chi connectivity index (χ4v) is 2.41. The fourth-order valence-electron chi connectivity index (χ4n) is 1.21. The molecule has 6 heteroatoms. The first-order valence-corrected chi connectivity index (χ1v) is 4.81. The molecule has 2 aliphatic rings. The maximum Gasteiger partial charge on any atom is 0.196 e. The Kier molecular flexibility index (Phi) is 1.80. The molecule has 12 heavy (non-hydrogen) atoms. The minimum atomic E-state index is -0.000000000000000222. The van der Waals surface area contributed by atoms with E-state index in [-0.39, 0.29) is 11.4 Å². The zero-order valence-corrected chi connectivity index (χ0v) is 8.08. The summed E-state index contributed by atoms with van der Waals surface area (Å²) in [5.41, 5.74) is 5.70. The van der Waals surface area contributed by atoms with Crippen LogP contribution in [0, 0.1) is 0 Å². The van der Waals surface area contributed by atoms with Gasteiger partial charge in [0.2, 0.25) is 0 Å². The molecule has 0 fully saturated rings. The summed E-state index contributed by atoms with van der Waals surface area (Å²) in [4.78, 5) is 8.31. The largest absolute Gasteiger partial charge is 0.386 e. The second kappa shape index (κ2) is 2.70. The molecule has 2 heterocycles. The van der Waals surface area contributed by atoms with Gasteiger partial charge >= 0.3 is 0 Å². The lowest BCUT2D eigenvalue weighted by molar-refractivity contribution is 0.671. The Hall–Kier alpha value is -0.620. The number of aliphatic imine (C=N–C) groups is 2. The molecule has 0 radical (unpaired) electrons. The normalized spacial score (nSPS) is 33.6. The molecule has 0 aliphatic carbocycles. The highest BCUT2D eigenvalue weighted by Crippen LogP contribution is 2.27. The number of nitrogens with zero attached hydrogens (tertiary/aromatic N) is 2. The van der Waals surface area contributed by atoms with Gasteiger partial charge in [0.15, 0.2) is 5.11 Å². The van der Waals surface area contributed by atoms with Crippen molar-refractivity contribution < 1.29 is 0 Å². The van der Waals surface area contributed by atoms with E-state index < -0.39 is 0 Å². The molecule has 2 atom stereocenters. The molecule has 3 N–H and O–H groups in total. The smallest absolute Gasteiger partial charge is 0.196 e. The van der Waals surface area contributed by atoms with Gasteiger partial charge in [0.05, 0.1) is 5.04 Å². The first-order chi connectivity index (χ1) is 5.66. The molecule has 0 saturated carbocycles. The minimum Gasteiger partial charge on any atom is -0.386 e. The average molecular weight is 200 g/mol. The van der Waals surface area contributed by atoms with Crippen molar-refractivity contribution in [2.75, 3.05) is 0 Å². The third-order valence-electron chi connectivity index (χ3n) is 1.70. The SMILES string of the molecule is CC1=NC2NC(=S)N=C(N)C2S1. The van der Waals surface area contributed by atoms with Gasteiger partial charge in [-0.15, -0.1) is 0 Å². The second-order valence-electron chi connectivity index (χ2n) is 2.62. The van der Waals surface area contributed by atoms with Crippen LogP contribution in [0.3, 0.4) is 0 Å². The van der Waals surface area contributed by atoms with Gasteiger partial charge in [-0.25, -0.2) is 4.99 Å². The van der Waals surface area contributed by atoms with Gasteiger partial charge in [0, 0.05) is 0 Å². The Morgan fingerprint density at radius 3 is 3.17 bits per heavy atom. The van der Waals surface area contributed by atoms with Gasteiger partial charge in [-0.2, -0.15) is 0 Å². The first kappa shape index (κ1) is 8.00. The van der Waals surface area contributed by atoms with Gasteiger partial charge in [-0.1, -0.05) is 11.8 Å². The highest BCUT2D eigenvalue weighted by Gasteiger charge is 2.34. The Balaban J connectivity index is 2.29. The quantitative estimate of drug-likeness (QED) is 0.544. The Morgan fingerprint density at radius 1 is 1.67 bits per heavy atom.